The molecule has 0 aromatic rings. The molecule has 1 aliphatic heterocycles. The summed E-state index contributed by atoms with van der Waals surface area (Å²) in [5.74, 6) is -0.862. The summed E-state index contributed by atoms with van der Waals surface area (Å²) in [4.78, 5) is 23.3. The van der Waals surface area contributed by atoms with Gasteiger partial charge in [-0.15, -0.1) is 0 Å². The average molecular weight is 283 g/mol. The van der Waals surface area contributed by atoms with Crippen molar-refractivity contribution in [3.8, 4) is 0 Å². The summed E-state index contributed by atoms with van der Waals surface area (Å²) in [7, 11) is 0. The number of amides is 2. The SMILES string of the molecule is O=C(NC(C(=O)O)C1CCCCC1)NN1CCCCC1. The number of carbonyl (C=O) groups excluding carboxylic acids is 1. The molecule has 6 nitrogen and oxygen atoms in total. The van der Waals surface area contributed by atoms with Gasteiger partial charge in [-0.2, -0.15) is 0 Å². The van der Waals surface area contributed by atoms with E-state index in [4.69, 9.17) is 0 Å². The van der Waals surface area contributed by atoms with Gasteiger partial charge in [0.25, 0.3) is 0 Å². The van der Waals surface area contributed by atoms with E-state index < -0.39 is 12.0 Å². The highest BCUT2D eigenvalue weighted by Crippen LogP contribution is 2.26. The molecule has 1 heterocycles. The zero-order valence-corrected chi connectivity index (χ0v) is 11.9. The van der Waals surface area contributed by atoms with Crippen molar-refractivity contribution in [2.45, 2.75) is 57.4 Å². The van der Waals surface area contributed by atoms with E-state index in [1.807, 2.05) is 5.01 Å². The second kappa shape index (κ2) is 7.47. The number of nitrogens with one attached hydrogen (secondary N) is 2. The molecule has 3 N–H and O–H groups in total. The Morgan fingerprint density at radius 2 is 1.60 bits per heavy atom. The molecule has 2 fully saturated rings. The number of hydrazine groups is 1. The summed E-state index contributed by atoms with van der Waals surface area (Å²) in [6.07, 6.45) is 8.41. The standard InChI is InChI=1S/C14H25N3O3/c18-13(19)12(11-7-3-1-4-8-11)15-14(20)16-17-9-5-2-6-10-17/h11-12H,1-10H2,(H,18,19)(H2,15,16,20). The Labute approximate surface area is 119 Å². The van der Waals surface area contributed by atoms with Gasteiger partial charge in [0.1, 0.15) is 6.04 Å². The van der Waals surface area contributed by atoms with Crippen molar-refractivity contribution in [1.29, 1.82) is 0 Å². The quantitative estimate of drug-likeness (QED) is 0.734. The number of hydrogen-bond donors (Lipinski definition) is 3. The van der Waals surface area contributed by atoms with Gasteiger partial charge in [0.2, 0.25) is 0 Å². The normalized spacial score (nSPS) is 23.0. The number of piperidine rings is 1. The molecule has 0 aromatic heterocycles. The van der Waals surface area contributed by atoms with Crippen molar-refractivity contribution in [2.24, 2.45) is 5.92 Å². The molecule has 2 rings (SSSR count). The monoisotopic (exact) mass is 283 g/mol. The molecule has 0 bridgehead atoms. The molecule has 0 aromatic carbocycles. The molecule has 114 valence electrons. The fourth-order valence-corrected chi connectivity index (χ4v) is 3.17. The highest BCUT2D eigenvalue weighted by atomic mass is 16.4. The number of urea groups is 1. The second-order valence-corrected chi connectivity index (χ2v) is 5.85. The molecule has 1 saturated carbocycles. The Hall–Kier alpha value is -1.30. The van der Waals surface area contributed by atoms with Crippen LogP contribution in [-0.4, -0.2) is 41.2 Å². The van der Waals surface area contributed by atoms with Crippen molar-refractivity contribution in [2.75, 3.05) is 13.1 Å². The summed E-state index contributed by atoms with van der Waals surface area (Å²) < 4.78 is 0. The number of hydrogen-bond acceptors (Lipinski definition) is 3. The minimum absolute atomic E-state index is 0.0633. The first-order valence-corrected chi connectivity index (χ1v) is 7.72. The van der Waals surface area contributed by atoms with Gasteiger partial charge in [-0.3, -0.25) is 5.43 Å². The lowest BCUT2D eigenvalue weighted by Gasteiger charge is -2.30. The number of carboxylic acids is 1. The predicted molar refractivity (Wildman–Crippen MR) is 75.1 cm³/mol. The maximum Gasteiger partial charge on any atom is 0.330 e. The highest BCUT2D eigenvalue weighted by molar-refractivity contribution is 5.82. The van der Waals surface area contributed by atoms with Crippen molar-refractivity contribution in [3.63, 3.8) is 0 Å². The molecule has 1 aliphatic carbocycles. The van der Waals surface area contributed by atoms with Crippen LogP contribution in [0.2, 0.25) is 0 Å². The highest BCUT2D eigenvalue weighted by Gasteiger charge is 2.31. The number of carboxylic acid groups (broad SMARTS) is 1. The van der Waals surface area contributed by atoms with Crippen molar-refractivity contribution < 1.29 is 14.7 Å². The molecule has 6 heteroatoms. The molecule has 2 aliphatic rings. The third kappa shape index (κ3) is 4.37. The van der Waals surface area contributed by atoms with Crippen LogP contribution in [-0.2, 0) is 4.79 Å². The summed E-state index contributed by atoms with van der Waals surface area (Å²) >= 11 is 0. The lowest BCUT2D eigenvalue weighted by atomic mass is 9.84. The van der Waals surface area contributed by atoms with Gasteiger partial charge < -0.3 is 10.4 Å². The van der Waals surface area contributed by atoms with Gasteiger partial charge in [0.05, 0.1) is 0 Å². The third-order valence-electron chi connectivity index (χ3n) is 4.29. The van der Waals surface area contributed by atoms with E-state index in [2.05, 4.69) is 10.7 Å². The Morgan fingerprint density at radius 1 is 1.00 bits per heavy atom. The van der Waals surface area contributed by atoms with Gasteiger partial charge in [0.15, 0.2) is 0 Å². The van der Waals surface area contributed by atoms with Gasteiger partial charge in [-0.1, -0.05) is 25.7 Å². The smallest absolute Gasteiger partial charge is 0.330 e. The lowest BCUT2D eigenvalue weighted by molar-refractivity contribution is -0.141. The van der Waals surface area contributed by atoms with E-state index >= 15 is 0 Å². The number of nitrogens with zero attached hydrogens (tertiary/aromatic N) is 1. The summed E-state index contributed by atoms with van der Waals surface area (Å²) in [5, 5.41) is 13.8. The molecule has 1 atom stereocenters. The Morgan fingerprint density at radius 3 is 2.20 bits per heavy atom. The van der Waals surface area contributed by atoms with E-state index in [0.29, 0.717) is 0 Å². The summed E-state index contributed by atoms with van der Waals surface area (Å²) in [5.41, 5.74) is 2.76. The fourth-order valence-electron chi connectivity index (χ4n) is 3.17. The minimum Gasteiger partial charge on any atom is -0.480 e. The maximum atomic E-state index is 11.9. The molecule has 1 saturated heterocycles. The topological polar surface area (TPSA) is 81.7 Å². The van der Waals surface area contributed by atoms with Gasteiger partial charge in [-0.05, 0) is 31.6 Å². The van der Waals surface area contributed by atoms with Gasteiger partial charge in [-0.25, -0.2) is 14.6 Å². The van der Waals surface area contributed by atoms with Crippen LogP contribution in [0.4, 0.5) is 4.79 Å². The third-order valence-corrected chi connectivity index (χ3v) is 4.29. The molecular formula is C14H25N3O3. The first-order valence-electron chi connectivity index (χ1n) is 7.72. The van der Waals surface area contributed by atoms with E-state index in [0.717, 1.165) is 51.6 Å². The predicted octanol–water partition coefficient (Wildman–Crippen LogP) is 1.72. The zero-order valence-electron chi connectivity index (χ0n) is 11.9. The fraction of sp³-hybridized carbons (Fsp3) is 0.857. The van der Waals surface area contributed by atoms with Crippen LogP contribution < -0.4 is 10.7 Å². The molecule has 0 radical (unpaired) electrons. The Kier molecular flexibility index (Phi) is 5.64. The van der Waals surface area contributed by atoms with Crippen molar-refractivity contribution in [3.05, 3.63) is 0 Å². The maximum absolute atomic E-state index is 11.9. The van der Waals surface area contributed by atoms with E-state index in [-0.39, 0.29) is 11.9 Å². The largest absolute Gasteiger partial charge is 0.480 e. The molecule has 1 unspecified atom stereocenters. The summed E-state index contributed by atoms with van der Waals surface area (Å²) in [6.45, 7) is 1.68. The first kappa shape index (κ1) is 15.1. The molecule has 2 amide bonds. The van der Waals surface area contributed by atoms with Crippen molar-refractivity contribution in [1.82, 2.24) is 15.8 Å². The lowest BCUT2D eigenvalue weighted by Crippen LogP contribution is -2.55. The second-order valence-electron chi connectivity index (χ2n) is 5.85. The molecule has 20 heavy (non-hydrogen) atoms. The van der Waals surface area contributed by atoms with E-state index in [1.165, 1.54) is 12.8 Å². The van der Waals surface area contributed by atoms with Crippen LogP contribution in [0, 0.1) is 5.92 Å². The van der Waals surface area contributed by atoms with Crippen molar-refractivity contribution >= 4 is 12.0 Å². The molecule has 0 spiro atoms. The van der Waals surface area contributed by atoms with Crippen LogP contribution in [0.1, 0.15) is 51.4 Å². The number of aliphatic carboxylic acids is 1. The van der Waals surface area contributed by atoms with Gasteiger partial charge in [0, 0.05) is 13.1 Å². The zero-order chi connectivity index (χ0) is 14.4. The minimum atomic E-state index is -0.925. The average Bonchev–Trinajstić information content (AvgIpc) is 2.46. The van der Waals surface area contributed by atoms with Crippen LogP contribution in [0.5, 0.6) is 0 Å². The Bertz CT molecular complexity index is 337. The van der Waals surface area contributed by atoms with Crippen LogP contribution in [0.3, 0.4) is 0 Å². The van der Waals surface area contributed by atoms with E-state index in [1.54, 1.807) is 0 Å². The van der Waals surface area contributed by atoms with Crippen LogP contribution in [0.15, 0.2) is 0 Å². The van der Waals surface area contributed by atoms with Gasteiger partial charge >= 0.3 is 12.0 Å². The first-order chi connectivity index (χ1) is 9.66. The Balaban J connectivity index is 1.83. The van der Waals surface area contributed by atoms with E-state index in [9.17, 15) is 14.7 Å². The number of rotatable bonds is 4. The van der Waals surface area contributed by atoms with Crippen LogP contribution in [0.25, 0.3) is 0 Å². The summed E-state index contributed by atoms with van der Waals surface area (Å²) in [6, 6.07) is -1.15. The van der Waals surface area contributed by atoms with Crippen LogP contribution >= 0.6 is 0 Å². The number of carbonyl (C=O) groups is 2. The molecular weight excluding hydrogens is 258 g/mol.